The number of rotatable bonds is 6. The zero-order valence-corrected chi connectivity index (χ0v) is 17.5. The predicted octanol–water partition coefficient (Wildman–Crippen LogP) is 5.20. The van der Waals surface area contributed by atoms with Crippen molar-refractivity contribution in [1.82, 2.24) is 20.3 Å². The van der Waals surface area contributed by atoms with Crippen molar-refractivity contribution in [3.8, 4) is 10.6 Å². The topological polar surface area (TPSA) is 70.7 Å². The quantitative estimate of drug-likeness (QED) is 0.389. The Kier molecular flexibility index (Phi) is 5.13. The summed E-state index contributed by atoms with van der Waals surface area (Å²) in [6.07, 6.45) is 1.92. The minimum Gasteiger partial charge on any atom is -0.345 e. The molecule has 5 nitrogen and oxygen atoms in total. The van der Waals surface area contributed by atoms with E-state index >= 15 is 0 Å². The van der Waals surface area contributed by atoms with Crippen LogP contribution in [0.15, 0.2) is 77.1 Å². The molecule has 0 aliphatic heterocycles. The van der Waals surface area contributed by atoms with Crippen molar-refractivity contribution in [2.45, 2.75) is 12.5 Å². The number of benzene rings is 2. The standard InChI is InChI=1S/C23H18N4OS2/c28-21(11-18-13-30-23(26-18)17-8-9-29-12-17)27-22(15-4-2-1-3-5-15)16-6-7-19-20(10-16)25-14-24-19/h1-10,12-14,22H,11H2,(H,24,25)(H,27,28). The van der Waals surface area contributed by atoms with E-state index in [-0.39, 0.29) is 18.4 Å². The highest BCUT2D eigenvalue weighted by atomic mass is 32.1. The molecule has 0 fully saturated rings. The molecule has 0 aliphatic rings. The summed E-state index contributed by atoms with van der Waals surface area (Å²) in [6.45, 7) is 0. The number of aromatic nitrogens is 3. The molecular formula is C23H18N4OS2. The maximum absolute atomic E-state index is 12.9. The van der Waals surface area contributed by atoms with Crippen LogP contribution >= 0.6 is 22.7 Å². The highest BCUT2D eigenvalue weighted by Crippen LogP contribution is 2.27. The summed E-state index contributed by atoms with van der Waals surface area (Å²) in [7, 11) is 0. The summed E-state index contributed by atoms with van der Waals surface area (Å²) in [6, 6.07) is 17.8. The molecule has 7 heteroatoms. The lowest BCUT2D eigenvalue weighted by Crippen LogP contribution is -2.30. The smallest absolute Gasteiger partial charge is 0.226 e. The molecule has 1 unspecified atom stereocenters. The van der Waals surface area contributed by atoms with Crippen LogP contribution in [-0.2, 0) is 11.2 Å². The first kappa shape index (κ1) is 18.7. The Morgan fingerprint density at radius 2 is 1.97 bits per heavy atom. The second-order valence-electron chi connectivity index (χ2n) is 6.92. The number of amides is 1. The van der Waals surface area contributed by atoms with Crippen molar-refractivity contribution in [2.24, 2.45) is 0 Å². The lowest BCUT2D eigenvalue weighted by molar-refractivity contribution is -0.121. The molecule has 148 valence electrons. The van der Waals surface area contributed by atoms with Crippen LogP contribution in [0.1, 0.15) is 22.9 Å². The highest BCUT2D eigenvalue weighted by Gasteiger charge is 2.19. The first-order valence-corrected chi connectivity index (χ1v) is 11.3. The number of hydrogen-bond donors (Lipinski definition) is 2. The minimum atomic E-state index is -0.249. The molecule has 3 aromatic heterocycles. The van der Waals surface area contributed by atoms with E-state index in [2.05, 4.69) is 25.6 Å². The van der Waals surface area contributed by atoms with Crippen molar-refractivity contribution in [1.29, 1.82) is 0 Å². The molecule has 2 aromatic carbocycles. The molecule has 2 N–H and O–H groups in total. The Morgan fingerprint density at radius 3 is 2.80 bits per heavy atom. The Labute approximate surface area is 181 Å². The van der Waals surface area contributed by atoms with Crippen LogP contribution in [0, 0.1) is 0 Å². The fourth-order valence-electron chi connectivity index (χ4n) is 3.42. The lowest BCUT2D eigenvalue weighted by Gasteiger charge is -2.20. The number of aromatic amines is 1. The van der Waals surface area contributed by atoms with Gasteiger partial charge in [-0.2, -0.15) is 11.3 Å². The molecule has 30 heavy (non-hydrogen) atoms. The van der Waals surface area contributed by atoms with Crippen molar-refractivity contribution in [3.05, 3.63) is 93.9 Å². The van der Waals surface area contributed by atoms with E-state index in [1.807, 2.05) is 65.4 Å². The van der Waals surface area contributed by atoms with E-state index in [1.165, 1.54) is 0 Å². The number of imidazole rings is 1. The average molecular weight is 431 g/mol. The first-order chi connectivity index (χ1) is 14.8. The van der Waals surface area contributed by atoms with Gasteiger partial charge in [0.2, 0.25) is 5.91 Å². The number of H-pyrrole nitrogens is 1. The molecule has 0 saturated carbocycles. The van der Waals surface area contributed by atoms with E-state index < -0.39 is 0 Å². The van der Waals surface area contributed by atoms with Crippen molar-refractivity contribution >= 4 is 39.6 Å². The fraction of sp³-hybridized carbons (Fsp3) is 0.0870. The number of nitrogens with zero attached hydrogens (tertiary/aromatic N) is 2. The van der Waals surface area contributed by atoms with Gasteiger partial charge in [0.15, 0.2) is 0 Å². The number of carbonyl (C=O) groups excluding carboxylic acids is 1. The third-order valence-corrected chi connectivity index (χ3v) is 6.50. The van der Waals surface area contributed by atoms with Crippen LogP contribution in [0.4, 0.5) is 0 Å². The monoisotopic (exact) mass is 430 g/mol. The fourth-order valence-corrected chi connectivity index (χ4v) is 4.95. The number of thiophene rings is 1. The zero-order valence-electron chi connectivity index (χ0n) is 15.9. The highest BCUT2D eigenvalue weighted by molar-refractivity contribution is 7.14. The summed E-state index contributed by atoms with van der Waals surface area (Å²) < 4.78 is 0. The van der Waals surface area contributed by atoms with Gasteiger partial charge in [-0.1, -0.05) is 36.4 Å². The predicted molar refractivity (Wildman–Crippen MR) is 122 cm³/mol. The Bertz CT molecular complexity index is 1280. The molecule has 3 heterocycles. The molecule has 0 spiro atoms. The van der Waals surface area contributed by atoms with E-state index in [0.29, 0.717) is 0 Å². The number of carbonyl (C=O) groups is 1. The molecule has 1 amide bonds. The molecule has 0 saturated heterocycles. The van der Waals surface area contributed by atoms with Gasteiger partial charge in [-0.05, 0) is 34.7 Å². The number of thiazole rings is 1. The second-order valence-corrected chi connectivity index (χ2v) is 8.56. The number of nitrogens with one attached hydrogen (secondary N) is 2. The van der Waals surface area contributed by atoms with Gasteiger partial charge in [0.1, 0.15) is 5.01 Å². The largest absolute Gasteiger partial charge is 0.345 e. The Morgan fingerprint density at radius 1 is 1.07 bits per heavy atom. The van der Waals surface area contributed by atoms with Gasteiger partial charge in [-0.3, -0.25) is 4.79 Å². The van der Waals surface area contributed by atoms with Crippen molar-refractivity contribution < 1.29 is 4.79 Å². The first-order valence-electron chi connectivity index (χ1n) is 9.50. The van der Waals surface area contributed by atoms with Crippen LogP contribution in [0.3, 0.4) is 0 Å². The second kappa shape index (κ2) is 8.22. The maximum atomic E-state index is 12.9. The molecule has 5 rings (SSSR count). The van der Waals surface area contributed by atoms with Crippen LogP contribution in [0.2, 0.25) is 0 Å². The van der Waals surface area contributed by atoms with E-state index in [1.54, 1.807) is 29.0 Å². The SMILES string of the molecule is O=C(Cc1csc(-c2ccsc2)n1)NC(c1ccccc1)c1ccc2nc[nH]c2c1. The summed E-state index contributed by atoms with van der Waals surface area (Å²) in [5, 5.41) is 10.2. The van der Waals surface area contributed by atoms with Gasteiger partial charge in [0.05, 0.1) is 35.5 Å². The number of hydrogen-bond acceptors (Lipinski definition) is 5. The van der Waals surface area contributed by atoms with E-state index in [4.69, 9.17) is 0 Å². The summed E-state index contributed by atoms with van der Waals surface area (Å²) in [5.41, 5.74) is 5.77. The molecule has 1 atom stereocenters. The van der Waals surface area contributed by atoms with Gasteiger partial charge in [0, 0.05) is 16.3 Å². The van der Waals surface area contributed by atoms with Crippen molar-refractivity contribution in [2.75, 3.05) is 0 Å². The van der Waals surface area contributed by atoms with Crippen LogP contribution in [0.5, 0.6) is 0 Å². The third-order valence-electron chi connectivity index (χ3n) is 4.88. The van der Waals surface area contributed by atoms with Crippen molar-refractivity contribution in [3.63, 3.8) is 0 Å². The summed E-state index contributed by atoms with van der Waals surface area (Å²) >= 11 is 3.21. The van der Waals surface area contributed by atoms with Crippen LogP contribution < -0.4 is 5.32 Å². The van der Waals surface area contributed by atoms with Crippen LogP contribution in [-0.4, -0.2) is 20.9 Å². The molecular weight excluding hydrogens is 412 g/mol. The molecule has 0 aliphatic carbocycles. The zero-order chi connectivity index (χ0) is 20.3. The van der Waals surface area contributed by atoms with E-state index in [0.717, 1.165) is 38.4 Å². The number of fused-ring (bicyclic) bond motifs is 1. The summed E-state index contributed by atoms with van der Waals surface area (Å²) in [5.74, 6) is -0.0595. The minimum absolute atomic E-state index is 0.0595. The van der Waals surface area contributed by atoms with Gasteiger partial charge < -0.3 is 10.3 Å². The molecule has 0 bridgehead atoms. The average Bonchev–Trinajstić information content (AvgIpc) is 3.53. The lowest BCUT2D eigenvalue weighted by atomic mass is 9.98. The molecule has 5 aromatic rings. The van der Waals surface area contributed by atoms with Crippen LogP contribution in [0.25, 0.3) is 21.6 Å². The third kappa shape index (κ3) is 3.90. The van der Waals surface area contributed by atoms with Gasteiger partial charge in [0.25, 0.3) is 0 Å². The Balaban J connectivity index is 1.39. The normalized spacial score (nSPS) is 12.1. The van der Waals surface area contributed by atoms with Gasteiger partial charge in [-0.15, -0.1) is 11.3 Å². The summed E-state index contributed by atoms with van der Waals surface area (Å²) in [4.78, 5) is 25.0. The maximum Gasteiger partial charge on any atom is 0.226 e. The van der Waals surface area contributed by atoms with E-state index in [9.17, 15) is 4.79 Å². The van der Waals surface area contributed by atoms with Gasteiger partial charge >= 0.3 is 0 Å². The van der Waals surface area contributed by atoms with Gasteiger partial charge in [-0.25, -0.2) is 9.97 Å². The Hall–Kier alpha value is -3.29. The molecule has 0 radical (unpaired) electrons.